The fraction of sp³-hybridized carbons (Fsp3) is 0.353. The van der Waals surface area contributed by atoms with Crippen LogP contribution in [0.1, 0.15) is 91.8 Å². The van der Waals surface area contributed by atoms with Gasteiger partial charge in [0.15, 0.2) is 6.10 Å². The largest absolute Gasteiger partial charge is 0.479 e. The van der Waals surface area contributed by atoms with Crippen LogP contribution in [0.25, 0.3) is 10.9 Å². The van der Waals surface area contributed by atoms with E-state index < -0.39 is 17.6 Å². The quantitative estimate of drug-likeness (QED) is 0.230. The molecule has 210 valence electrons. The number of carboxylic acids is 1. The summed E-state index contributed by atoms with van der Waals surface area (Å²) in [5, 5.41) is 13.4. The molecule has 1 aromatic heterocycles. The number of nitrogens with one attached hydrogen (secondary N) is 1. The highest BCUT2D eigenvalue weighted by Gasteiger charge is 2.28. The smallest absolute Gasteiger partial charge is 0.344 e. The van der Waals surface area contributed by atoms with E-state index in [1.165, 1.54) is 12.5 Å². The van der Waals surface area contributed by atoms with E-state index in [9.17, 15) is 14.7 Å². The van der Waals surface area contributed by atoms with Crippen molar-refractivity contribution in [3.05, 3.63) is 100 Å². The number of hydrogen-bond donors (Lipinski definition) is 2. The standard InChI is InChI=1S/C34H40N2O4/c1-20(2)25-11-9-12-26(17-25)22(4)35-32(37)27-15-16-31-30(18-27)21(3)23(5)36(31)34(7,8)28-13-10-14-29(19-28)40-24(6)33(38)39/h9-20,22,24H,1-8H3,(H,35,37)(H,38,39)/t22-,24?/m0/s1. The Hall–Kier alpha value is -4.06. The number of aliphatic carboxylic acids is 1. The van der Waals surface area contributed by atoms with Crippen molar-refractivity contribution >= 4 is 22.8 Å². The molecule has 0 fully saturated rings. The van der Waals surface area contributed by atoms with E-state index in [4.69, 9.17) is 4.74 Å². The van der Waals surface area contributed by atoms with Gasteiger partial charge in [-0.2, -0.15) is 0 Å². The Labute approximate surface area is 237 Å². The lowest BCUT2D eigenvalue weighted by Crippen LogP contribution is -2.29. The zero-order valence-electron chi connectivity index (χ0n) is 24.7. The van der Waals surface area contributed by atoms with Crippen molar-refractivity contribution in [3.8, 4) is 5.75 Å². The molecular weight excluding hydrogens is 500 g/mol. The molecular formula is C34H40N2O4. The number of carboxylic acid groups (broad SMARTS) is 1. The number of fused-ring (bicyclic) bond motifs is 1. The third-order valence-corrected chi connectivity index (χ3v) is 7.97. The van der Waals surface area contributed by atoms with Gasteiger partial charge >= 0.3 is 5.97 Å². The molecule has 0 aliphatic heterocycles. The summed E-state index contributed by atoms with van der Waals surface area (Å²) < 4.78 is 7.92. The highest BCUT2D eigenvalue weighted by Crippen LogP contribution is 2.37. The summed E-state index contributed by atoms with van der Waals surface area (Å²) >= 11 is 0. The van der Waals surface area contributed by atoms with Gasteiger partial charge in [0.1, 0.15) is 5.75 Å². The van der Waals surface area contributed by atoms with Crippen LogP contribution < -0.4 is 10.1 Å². The lowest BCUT2D eigenvalue weighted by atomic mass is 9.93. The Morgan fingerprint density at radius 2 is 1.57 bits per heavy atom. The lowest BCUT2D eigenvalue weighted by Gasteiger charge is -2.31. The number of carbonyl (C=O) groups excluding carboxylic acids is 1. The second-order valence-electron chi connectivity index (χ2n) is 11.5. The molecule has 1 unspecified atom stereocenters. The average molecular weight is 541 g/mol. The third-order valence-electron chi connectivity index (χ3n) is 7.97. The van der Waals surface area contributed by atoms with Crippen LogP contribution in [0.3, 0.4) is 0 Å². The molecule has 0 saturated heterocycles. The van der Waals surface area contributed by atoms with Crippen LogP contribution in [0.15, 0.2) is 66.7 Å². The minimum absolute atomic E-state index is 0.106. The summed E-state index contributed by atoms with van der Waals surface area (Å²) in [4.78, 5) is 24.6. The summed E-state index contributed by atoms with van der Waals surface area (Å²) in [5.41, 5.74) is 6.72. The zero-order valence-corrected chi connectivity index (χ0v) is 24.7. The van der Waals surface area contributed by atoms with Crippen LogP contribution in [0.2, 0.25) is 0 Å². The zero-order chi connectivity index (χ0) is 29.4. The number of carbonyl (C=O) groups is 2. The number of rotatable bonds is 9. The molecule has 2 N–H and O–H groups in total. The molecule has 4 rings (SSSR count). The predicted octanol–water partition coefficient (Wildman–Crippen LogP) is 7.51. The summed E-state index contributed by atoms with van der Waals surface area (Å²) in [6.07, 6.45) is -0.943. The van der Waals surface area contributed by atoms with Gasteiger partial charge in [-0.25, -0.2) is 4.79 Å². The molecule has 40 heavy (non-hydrogen) atoms. The summed E-state index contributed by atoms with van der Waals surface area (Å²) in [7, 11) is 0. The van der Waals surface area contributed by atoms with E-state index >= 15 is 0 Å². The van der Waals surface area contributed by atoms with Gasteiger partial charge in [-0.3, -0.25) is 4.79 Å². The van der Waals surface area contributed by atoms with Crippen molar-refractivity contribution in [1.29, 1.82) is 0 Å². The maximum Gasteiger partial charge on any atom is 0.344 e. The van der Waals surface area contributed by atoms with Crippen molar-refractivity contribution in [2.24, 2.45) is 0 Å². The Balaban J connectivity index is 1.65. The van der Waals surface area contributed by atoms with Gasteiger partial charge < -0.3 is 19.7 Å². The van der Waals surface area contributed by atoms with Crippen LogP contribution in [0.5, 0.6) is 5.75 Å². The van der Waals surface area contributed by atoms with Crippen molar-refractivity contribution < 1.29 is 19.4 Å². The van der Waals surface area contributed by atoms with Crippen LogP contribution in [0.4, 0.5) is 0 Å². The van der Waals surface area contributed by atoms with Crippen LogP contribution in [-0.4, -0.2) is 27.7 Å². The Kier molecular flexibility index (Phi) is 8.10. The van der Waals surface area contributed by atoms with Gasteiger partial charge in [0.25, 0.3) is 5.91 Å². The Bertz CT molecular complexity index is 1560. The number of aromatic nitrogens is 1. The van der Waals surface area contributed by atoms with Crippen LogP contribution >= 0.6 is 0 Å². The molecule has 1 amide bonds. The molecule has 3 aromatic carbocycles. The predicted molar refractivity (Wildman–Crippen MR) is 160 cm³/mol. The number of benzene rings is 3. The topological polar surface area (TPSA) is 80.6 Å². The molecule has 4 aromatic rings. The third kappa shape index (κ3) is 5.62. The van der Waals surface area contributed by atoms with E-state index in [0.29, 0.717) is 17.2 Å². The summed E-state index contributed by atoms with van der Waals surface area (Å²) in [6.45, 7) is 16.3. The molecule has 0 aliphatic carbocycles. The normalized spacial score (nSPS) is 13.3. The van der Waals surface area contributed by atoms with Gasteiger partial charge in [-0.05, 0) is 100 Å². The van der Waals surface area contributed by atoms with Gasteiger partial charge in [-0.1, -0.05) is 50.2 Å². The molecule has 6 heteroatoms. The van der Waals surface area contributed by atoms with E-state index in [0.717, 1.165) is 33.3 Å². The van der Waals surface area contributed by atoms with E-state index in [2.05, 4.69) is 69.6 Å². The van der Waals surface area contributed by atoms with E-state index in [-0.39, 0.29) is 11.9 Å². The fourth-order valence-corrected chi connectivity index (χ4v) is 5.32. The fourth-order valence-electron chi connectivity index (χ4n) is 5.32. The van der Waals surface area contributed by atoms with Gasteiger partial charge in [0.05, 0.1) is 11.6 Å². The molecule has 2 atom stereocenters. The van der Waals surface area contributed by atoms with E-state index in [1.807, 2.05) is 49.4 Å². The highest BCUT2D eigenvalue weighted by atomic mass is 16.5. The number of hydrogen-bond acceptors (Lipinski definition) is 3. The van der Waals surface area contributed by atoms with Crippen LogP contribution in [0, 0.1) is 13.8 Å². The number of amides is 1. The van der Waals surface area contributed by atoms with Crippen molar-refractivity contribution in [2.75, 3.05) is 0 Å². The number of nitrogens with zero attached hydrogens (tertiary/aromatic N) is 1. The number of ether oxygens (including phenoxy) is 1. The first-order chi connectivity index (χ1) is 18.8. The summed E-state index contributed by atoms with van der Waals surface area (Å²) in [6, 6.07) is 21.7. The average Bonchev–Trinajstić information content (AvgIpc) is 3.18. The molecule has 6 nitrogen and oxygen atoms in total. The van der Waals surface area contributed by atoms with Crippen LogP contribution in [-0.2, 0) is 10.3 Å². The SMILES string of the molecule is Cc1c(C)n(C(C)(C)c2cccc(OC(C)C(=O)O)c2)c2ccc(C(=O)N[C@@H](C)c3cccc(C(C)C)c3)cc12. The van der Waals surface area contributed by atoms with E-state index in [1.54, 1.807) is 6.07 Å². The summed E-state index contributed by atoms with van der Waals surface area (Å²) in [5.74, 6) is -0.178. The van der Waals surface area contributed by atoms with Gasteiger partial charge in [-0.15, -0.1) is 0 Å². The molecule has 1 heterocycles. The monoisotopic (exact) mass is 540 g/mol. The molecule has 0 bridgehead atoms. The Morgan fingerprint density at radius 3 is 2.25 bits per heavy atom. The first-order valence-corrected chi connectivity index (χ1v) is 13.8. The first-order valence-electron chi connectivity index (χ1n) is 13.8. The molecule has 0 radical (unpaired) electrons. The van der Waals surface area contributed by atoms with Crippen molar-refractivity contribution in [3.63, 3.8) is 0 Å². The van der Waals surface area contributed by atoms with Crippen molar-refractivity contribution in [2.45, 2.75) is 79.0 Å². The molecule has 0 spiro atoms. The minimum Gasteiger partial charge on any atom is -0.479 e. The first kappa shape index (κ1) is 28.9. The Morgan fingerprint density at radius 1 is 0.900 bits per heavy atom. The maximum absolute atomic E-state index is 13.3. The molecule has 0 aliphatic rings. The maximum atomic E-state index is 13.3. The van der Waals surface area contributed by atoms with Gasteiger partial charge in [0, 0.05) is 22.2 Å². The lowest BCUT2D eigenvalue weighted by molar-refractivity contribution is -0.144. The highest BCUT2D eigenvalue weighted by molar-refractivity contribution is 5.99. The minimum atomic E-state index is -1.01. The second kappa shape index (κ2) is 11.2. The van der Waals surface area contributed by atoms with Gasteiger partial charge in [0.2, 0.25) is 0 Å². The molecule has 0 saturated carbocycles. The number of aryl methyl sites for hydroxylation is 1. The second-order valence-corrected chi connectivity index (χ2v) is 11.5. The van der Waals surface area contributed by atoms with Crippen molar-refractivity contribution in [1.82, 2.24) is 9.88 Å².